The molecule has 1 aromatic carbocycles. The van der Waals surface area contributed by atoms with Crippen molar-refractivity contribution < 1.29 is 22.7 Å². The van der Waals surface area contributed by atoms with Crippen LogP contribution in [0, 0.1) is 0 Å². The molecule has 1 heterocycles. The zero-order valence-electron chi connectivity index (χ0n) is 16.9. The molecule has 2 rings (SSSR count). The van der Waals surface area contributed by atoms with E-state index < -0.39 is 16.1 Å². The molecule has 1 atom stereocenters. The Hall–Kier alpha value is -1.84. The van der Waals surface area contributed by atoms with E-state index in [4.69, 9.17) is 9.47 Å². The van der Waals surface area contributed by atoms with Gasteiger partial charge in [-0.2, -0.15) is 0 Å². The van der Waals surface area contributed by atoms with Gasteiger partial charge in [0.15, 0.2) is 0 Å². The van der Waals surface area contributed by atoms with Crippen molar-refractivity contribution in [2.24, 2.45) is 0 Å². The highest BCUT2D eigenvalue weighted by atomic mass is 32.2. The number of morpholine rings is 1. The second kappa shape index (κ2) is 10.6. The molecule has 8 nitrogen and oxygen atoms in total. The third-order valence-corrected chi connectivity index (χ3v) is 5.74. The summed E-state index contributed by atoms with van der Waals surface area (Å²) in [6.45, 7) is 8.48. The summed E-state index contributed by atoms with van der Waals surface area (Å²) in [5.74, 6) is 0.359. The minimum absolute atomic E-state index is 0.296. The first-order valence-electron chi connectivity index (χ1n) is 9.66. The maximum Gasteiger partial charge on any atom is 0.243 e. The molecular formula is C19H31N3O5S. The van der Waals surface area contributed by atoms with E-state index >= 15 is 0 Å². The molecule has 0 radical (unpaired) electrons. The standard InChI is InChI=1S/C19H31N3O5S/c1-4-18(19(23)20-10-11-21-12-14-26-15-13-21)22(28(3,24)25)16-6-8-17(9-7-16)27-5-2/h6-9,18H,4-5,10-15H2,1-3H3,(H,20,23)/t18-/m1/s1. The van der Waals surface area contributed by atoms with Gasteiger partial charge in [-0.25, -0.2) is 8.42 Å². The smallest absolute Gasteiger partial charge is 0.243 e. The predicted molar refractivity (Wildman–Crippen MR) is 109 cm³/mol. The first-order valence-corrected chi connectivity index (χ1v) is 11.5. The zero-order valence-corrected chi connectivity index (χ0v) is 17.7. The normalized spacial score (nSPS) is 16.4. The number of hydrogen-bond acceptors (Lipinski definition) is 6. The number of carbonyl (C=O) groups excluding carboxylic acids is 1. The highest BCUT2D eigenvalue weighted by Gasteiger charge is 2.31. The summed E-state index contributed by atoms with van der Waals surface area (Å²) in [6, 6.07) is 5.93. The Balaban J connectivity index is 2.07. The summed E-state index contributed by atoms with van der Waals surface area (Å²) >= 11 is 0. The highest BCUT2D eigenvalue weighted by Crippen LogP contribution is 2.25. The number of nitrogens with one attached hydrogen (secondary N) is 1. The summed E-state index contributed by atoms with van der Waals surface area (Å²) in [5, 5.41) is 2.88. The van der Waals surface area contributed by atoms with Crippen LogP contribution in [0.1, 0.15) is 20.3 Å². The average molecular weight is 414 g/mol. The Bertz CT molecular complexity index is 718. The molecule has 0 aromatic heterocycles. The second-order valence-corrected chi connectivity index (χ2v) is 8.51. The summed E-state index contributed by atoms with van der Waals surface area (Å²) in [5.41, 5.74) is 0.445. The number of nitrogens with zero attached hydrogens (tertiary/aromatic N) is 2. The summed E-state index contributed by atoms with van der Waals surface area (Å²) in [6.07, 6.45) is 1.48. The number of sulfonamides is 1. The Morgan fingerprint density at radius 1 is 1.25 bits per heavy atom. The summed E-state index contributed by atoms with van der Waals surface area (Å²) in [4.78, 5) is 15.0. The van der Waals surface area contributed by atoms with Crippen molar-refractivity contribution in [1.82, 2.24) is 10.2 Å². The molecule has 0 spiro atoms. The van der Waals surface area contributed by atoms with Crippen LogP contribution in [-0.4, -0.2) is 77.5 Å². The van der Waals surface area contributed by atoms with Gasteiger partial charge in [0.25, 0.3) is 0 Å². The number of anilines is 1. The van der Waals surface area contributed by atoms with E-state index in [0.29, 0.717) is 50.8 Å². The topological polar surface area (TPSA) is 88.2 Å². The van der Waals surface area contributed by atoms with Crippen LogP contribution in [0.2, 0.25) is 0 Å². The molecule has 0 bridgehead atoms. The molecule has 1 aliphatic rings. The zero-order chi connectivity index (χ0) is 20.6. The Labute approximate surface area is 167 Å². The fraction of sp³-hybridized carbons (Fsp3) is 0.632. The number of benzene rings is 1. The van der Waals surface area contributed by atoms with E-state index in [1.807, 2.05) is 6.92 Å². The van der Waals surface area contributed by atoms with Crippen LogP contribution in [0.15, 0.2) is 24.3 Å². The molecule has 158 valence electrons. The molecule has 0 saturated carbocycles. The molecule has 1 fully saturated rings. The molecule has 1 amide bonds. The van der Waals surface area contributed by atoms with Gasteiger partial charge in [-0.1, -0.05) is 6.92 Å². The molecule has 0 aliphatic carbocycles. The van der Waals surface area contributed by atoms with E-state index in [9.17, 15) is 13.2 Å². The van der Waals surface area contributed by atoms with Crippen LogP contribution in [0.3, 0.4) is 0 Å². The molecule has 0 unspecified atom stereocenters. The largest absolute Gasteiger partial charge is 0.494 e. The third kappa shape index (κ3) is 6.35. The average Bonchev–Trinajstić information content (AvgIpc) is 2.67. The lowest BCUT2D eigenvalue weighted by molar-refractivity contribution is -0.122. The molecule has 1 saturated heterocycles. The van der Waals surface area contributed by atoms with Crippen LogP contribution < -0.4 is 14.4 Å². The monoisotopic (exact) mass is 413 g/mol. The van der Waals surface area contributed by atoms with Crippen LogP contribution in [0.4, 0.5) is 5.69 Å². The molecule has 1 aliphatic heterocycles. The van der Waals surface area contributed by atoms with Crippen molar-refractivity contribution in [3.8, 4) is 5.75 Å². The van der Waals surface area contributed by atoms with Crippen molar-refractivity contribution >= 4 is 21.6 Å². The summed E-state index contributed by atoms with van der Waals surface area (Å²) in [7, 11) is -3.64. The molecular weight excluding hydrogens is 382 g/mol. The van der Waals surface area contributed by atoms with Gasteiger partial charge in [-0.15, -0.1) is 0 Å². The van der Waals surface area contributed by atoms with Gasteiger partial charge in [0, 0.05) is 26.2 Å². The third-order valence-electron chi connectivity index (χ3n) is 4.56. The first-order chi connectivity index (χ1) is 13.4. The van der Waals surface area contributed by atoms with E-state index in [1.165, 1.54) is 4.31 Å². The van der Waals surface area contributed by atoms with E-state index in [1.54, 1.807) is 31.2 Å². The summed E-state index contributed by atoms with van der Waals surface area (Å²) < 4.78 is 36.8. The van der Waals surface area contributed by atoms with Gasteiger partial charge < -0.3 is 14.8 Å². The number of carbonyl (C=O) groups is 1. The quantitative estimate of drug-likeness (QED) is 0.618. The van der Waals surface area contributed by atoms with E-state index in [0.717, 1.165) is 19.3 Å². The van der Waals surface area contributed by atoms with Gasteiger partial charge in [0.05, 0.1) is 31.8 Å². The Kier molecular flexibility index (Phi) is 8.53. The number of hydrogen-bond donors (Lipinski definition) is 1. The van der Waals surface area contributed by atoms with Gasteiger partial charge in [0.1, 0.15) is 11.8 Å². The minimum Gasteiger partial charge on any atom is -0.494 e. The second-order valence-electron chi connectivity index (χ2n) is 6.65. The van der Waals surface area contributed by atoms with Gasteiger partial charge >= 0.3 is 0 Å². The fourth-order valence-electron chi connectivity index (χ4n) is 3.20. The fourth-order valence-corrected chi connectivity index (χ4v) is 4.41. The molecule has 28 heavy (non-hydrogen) atoms. The number of amides is 1. The van der Waals surface area contributed by atoms with Crippen LogP contribution in [-0.2, 0) is 19.6 Å². The number of ether oxygens (including phenoxy) is 2. The van der Waals surface area contributed by atoms with Gasteiger partial charge in [0.2, 0.25) is 15.9 Å². The first kappa shape index (κ1) is 22.4. The van der Waals surface area contributed by atoms with Crippen LogP contribution >= 0.6 is 0 Å². The van der Waals surface area contributed by atoms with Gasteiger partial charge in [-0.3, -0.25) is 14.0 Å². The maximum atomic E-state index is 12.8. The van der Waals surface area contributed by atoms with Crippen molar-refractivity contribution in [3.63, 3.8) is 0 Å². The molecule has 1 N–H and O–H groups in total. The highest BCUT2D eigenvalue weighted by molar-refractivity contribution is 7.92. The number of rotatable bonds is 10. The Morgan fingerprint density at radius 2 is 1.89 bits per heavy atom. The van der Waals surface area contributed by atoms with Gasteiger partial charge in [-0.05, 0) is 37.6 Å². The Morgan fingerprint density at radius 3 is 2.43 bits per heavy atom. The van der Waals surface area contributed by atoms with Crippen molar-refractivity contribution in [3.05, 3.63) is 24.3 Å². The minimum atomic E-state index is -3.64. The van der Waals surface area contributed by atoms with Crippen molar-refractivity contribution in [1.29, 1.82) is 0 Å². The molecule has 1 aromatic rings. The lowest BCUT2D eigenvalue weighted by Crippen LogP contribution is -2.50. The van der Waals surface area contributed by atoms with Crippen LogP contribution in [0.25, 0.3) is 0 Å². The lowest BCUT2D eigenvalue weighted by atomic mass is 10.2. The van der Waals surface area contributed by atoms with Crippen molar-refractivity contribution in [2.45, 2.75) is 26.3 Å². The van der Waals surface area contributed by atoms with Crippen molar-refractivity contribution in [2.75, 3.05) is 56.6 Å². The van der Waals surface area contributed by atoms with E-state index in [-0.39, 0.29) is 5.91 Å². The van der Waals surface area contributed by atoms with E-state index in [2.05, 4.69) is 10.2 Å². The van der Waals surface area contributed by atoms with Crippen LogP contribution in [0.5, 0.6) is 5.75 Å². The SMILES string of the molecule is CCOc1ccc(N([C@H](CC)C(=O)NCCN2CCOCC2)S(C)(=O)=O)cc1. The predicted octanol–water partition coefficient (Wildman–Crippen LogP) is 1.08. The molecule has 9 heteroatoms. The lowest BCUT2D eigenvalue weighted by Gasteiger charge is -2.31. The maximum absolute atomic E-state index is 12.8.